The predicted molar refractivity (Wildman–Crippen MR) is 104 cm³/mol. The lowest BCUT2D eigenvalue weighted by Gasteiger charge is -2.23. The van der Waals surface area contributed by atoms with Crippen LogP contribution < -0.4 is 10.2 Å². The Bertz CT molecular complexity index is 908. The van der Waals surface area contributed by atoms with Crippen LogP contribution in [0.2, 0.25) is 0 Å². The number of nitrogens with zero attached hydrogens (tertiary/aromatic N) is 6. The zero-order chi connectivity index (χ0) is 18.1. The predicted octanol–water partition coefficient (Wildman–Crippen LogP) is 1.87. The fraction of sp³-hybridized carbons (Fsp3) is 0.400. The lowest BCUT2D eigenvalue weighted by molar-refractivity contribution is 0.551. The second-order valence-electron chi connectivity index (χ2n) is 7.16. The van der Waals surface area contributed by atoms with Crippen molar-refractivity contribution >= 4 is 5.82 Å². The van der Waals surface area contributed by atoms with Crippen LogP contribution in [0.15, 0.2) is 43.1 Å². The number of anilines is 1. The molecule has 1 N–H and O–H groups in total. The highest BCUT2D eigenvalue weighted by molar-refractivity contribution is 5.58. The van der Waals surface area contributed by atoms with Gasteiger partial charge in [-0.1, -0.05) is 6.07 Å². The molecule has 0 saturated carbocycles. The second-order valence-corrected chi connectivity index (χ2v) is 7.16. The van der Waals surface area contributed by atoms with E-state index in [2.05, 4.69) is 30.9 Å². The summed E-state index contributed by atoms with van der Waals surface area (Å²) in [5.74, 6) is 1.82. The van der Waals surface area contributed by atoms with E-state index in [4.69, 9.17) is 9.97 Å². The van der Waals surface area contributed by atoms with Crippen molar-refractivity contribution in [3.05, 3.63) is 54.4 Å². The Balaban J connectivity index is 1.54. The van der Waals surface area contributed by atoms with Crippen LogP contribution >= 0.6 is 0 Å². The lowest BCUT2D eigenvalue weighted by atomic mass is 10.1. The van der Waals surface area contributed by atoms with Crippen LogP contribution in [-0.2, 0) is 12.8 Å². The molecule has 0 spiro atoms. The molecule has 3 aromatic heterocycles. The molecule has 1 fully saturated rings. The summed E-state index contributed by atoms with van der Waals surface area (Å²) < 4.78 is 2.21. The average molecular weight is 361 g/mol. The quantitative estimate of drug-likeness (QED) is 0.768. The maximum absolute atomic E-state index is 5.00. The first-order chi connectivity index (χ1) is 13.4. The number of hydrogen-bond donors (Lipinski definition) is 1. The van der Waals surface area contributed by atoms with Gasteiger partial charge in [-0.05, 0) is 31.5 Å². The highest BCUT2D eigenvalue weighted by Gasteiger charge is 2.28. The minimum absolute atomic E-state index is 0.445. The molecule has 5 heterocycles. The summed E-state index contributed by atoms with van der Waals surface area (Å²) in [5, 5.41) is 3.49. The van der Waals surface area contributed by atoms with E-state index >= 15 is 0 Å². The van der Waals surface area contributed by atoms with E-state index in [0.29, 0.717) is 6.04 Å². The molecule has 138 valence electrons. The lowest BCUT2D eigenvalue weighted by Crippen LogP contribution is -2.25. The van der Waals surface area contributed by atoms with Gasteiger partial charge in [0.2, 0.25) is 0 Å². The van der Waals surface area contributed by atoms with Crippen molar-refractivity contribution in [2.45, 2.75) is 25.3 Å². The molecular weight excluding hydrogens is 338 g/mol. The van der Waals surface area contributed by atoms with E-state index in [0.717, 1.165) is 68.5 Å². The number of imidazole rings is 1. The van der Waals surface area contributed by atoms with Crippen LogP contribution in [0.25, 0.3) is 11.5 Å². The number of aromatic nitrogens is 5. The Hall–Kier alpha value is -2.80. The fourth-order valence-electron chi connectivity index (χ4n) is 4.06. The van der Waals surface area contributed by atoms with Crippen LogP contribution in [0.1, 0.15) is 23.7 Å². The largest absolute Gasteiger partial charge is 0.354 e. The van der Waals surface area contributed by atoms with Gasteiger partial charge in [0.15, 0.2) is 5.82 Å². The van der Waals surface area contributed by atoms with Gasteiger partial charge in [0.1, 0.15) is 11.5 Å². The van der Waals surface area contributed by atoms with Crippen molar-refractivity contribution in [1.82, 2.24) is 29.8 Å². The summed E-state index contributed by atoms with van der Waals surface area (Å²) in [4.78, 5) is 21.0. The Morgan fingerprint density at radius 2 is 2.04 bits per heavy atom. The van der Waals surface area contributed by atoms with Gasteiger partial charge >= 0.3 is 0 Å². The molecule has 3 aromatic rings. The number of hydrogen-bond acceptors (Lipinski definition) is 6. The Kier molecular flexibility index (Phi) is 4.29. The van der Waals surface area contributed by atoms with Gasteiger partial charge < -0.3 is 14.8 Å². The monoisotopic (exact) mass is 361 g/mol. The standard InChI is InChI=1S/C20H23N7/c1-2-7-23-18(3-1)19-24-17-5-9-21-8-4-16(17)20(25-19)26-11-6-15(13-26)27-12-10-22-14-27/h1-3,7,10,12,14-15,21H,4-6,8-9,11,13H2. The maximum atomic E-state index is 5.00. The van der Waals surface area contributed by atoms with E-state index in [-0.39, 0.29) is 0 Å². The van der Waals surface area contributed by atoms with Crippen molar-refractivity contribution in [2.75, 3.05) is 31.1 Å². The first-order valence-electron chi connectivity index (χ1n) is 9.63. The highest BCUT2D eigenvalue weighted by atomic mass is 15.3. The molecule has 2 aliphatic rings. The molecule has 0 aliphatic carbocycles. The van der Waals surface area contributed by atoms with Gasteiger partial charge in [0, 0.05) is 50.2 Å². The minimum Gasteiger partial charge on any atom is -0.354 e. The van der Waals surface area contributed by atoms with Gasteiger partial charge in [0.05, 0.1) is 18.1 Å². The summed E-state index contributed by atoms with van der Waals surface area (Å²) >= 11 is 0. The zero-order valence-electron chi connectivity index (χ0n) is 15.3. The topological polar surface area (TPSA) is 71.8 Å². The third-order valence-corrected chi connectivity index (χ3v) is 5.46. The first kappa shape index (κ1) is 16.4. The van der Waals surface area contributed by atoms with Crippen LogP contribution in [0.3, 0.4) is 0 Å². The van der Waals surface area contributed by atoms with E-state index < -0.39 is 0 Å². The summed E-state index contributed by atoms with van der Waals surface area (Å²) in [5.41, 5.74) is 3.30. The molecule has 7 heteroatoms. The Morgan fingerprint density at radius 3 is 2.89 bits per heavy atom. The third kappa shape index (κ3) is 3.19. The average Bonchev–Trinajstić information content (AvgIpc) is 3.36. The number of pyridine rings is 1. The fourth-order valence-corrected chi connectivity index (χ4v) is 4.06. The van der Waals surface area contributed by atoms with Crippen LogP contribution in [0.5, 0.6) is 0 Å². The molecule has 27 heavy (non-hydrogen) atoms. The molecule has 2 aliphatic heterocycles. The van der Waals surface area contributed by atoms with Crippen LogP contribution in [0, 0.1) is 0 Å². The molecule has 0 aromatic carbocycles. The van der Waals surface area contributed by atoms with Gasteiger partial charge in [-0.15, -0.1) is 0 Å². The van der Waals surface area contributed by atoms with E-state index in [1.807, 2.05) is 30.7 Å². The van der Waals surface area contributed by atoms with E-state index in [1.54, 1.807) is 6.20 Å². The smallest absolute Gasteiger partial charge is 0.180 e. The molecule has 0 radical (unpaired) electrons. The molecule has 0 bridgehead atoms. The number of rotatable bonds is 3. The molecular formula is C20H23N7. The normalized spacial score (nSPS) is 19.7. The summed E-state index contributed by atoms with van der Waals surface area (Å²) in [6, 6.07) is 6.34. The Morgan fingerprint density at radius 1 is 1.07 bits per heavy atom. The third-order valence-electron chi connectivity index (χ3n) is 5.46. The number of fused-ring (bicyclic) bond motifs is 1. The van der Waals surface area contributed by atoms with Gasteiger partial charge in [0.25, 0.3) is 0 Å². The van der Waals surface area contributed by atoms with E-state index in [9.17, 15) is 0 Å². The molecule has 1 unspecified atom stereocenters. The molecule has 1 saturated heterocycles. The molecule has 5 rings (SSSR count). The second kappa shape index (κ2) is 7.08. The van der Waals surface area contributed by atoms with Crippen molar-refractivity contribution in [1.29, 1.82) is 0 Å². The van der Waals surface area contributed by atoms with Crippen molar-refractivity contribution in [2.24, 2.45) is 0 Å². The first-order valence-corrected chi connectivity index (χ1v) is 9.63. The van der Waals surface area contributed by atoms with Crippen molar-refractivity contribution in [3.63, 3.8) is 0 Å². The summed E-state index contributed by atoms with van der Waals surface area (Å²) in [7, 11) is 0. The van der Waals surface area contributed by atoms with E-state index in [1.165, 1.54) is 5.56 Å². The zero-order valence-corrected chi connectivity index (χ0v) is 15.3. The number of nitrogens with one attached hydrogen (secondary N) is 1. The molecule has 0 amide bonds. The Labute approximate surface area is 158 Å². The van der Waals surface area contributed by atoms with Crippen molar-refractivity contribution in [3.8, 4) is 11.5 Å². The van der Waals surface area contributed by atoms with Gasteiger partial charge in [-0.3, -0.25) is 4.98 Å². The van der Waals surface area contributed by atoms with Crippen molar-refractivity contribution < 1.29 is 0 Å². The van der Waals surface area contributed by atoms with Gasteiger partial charge in [-0.2, -0.15) is 0 Å². The van der Waals surface area contributed by atoms with Crippen LogP contribution in [0.4, 0.5) is 5.82 Å². The summed E-state index contributed by atoms with van der Waals surface area (Å²) in [6.45, 7) is 3.89. The highest BCUT2D eigenvalue weighted by Crippen LogP contribution is 2.31. The van der Waals surface area contributed by atoms with Crippen LogP contribution in [-0.4, -0.2) is 50.7 Å². The summed E-state index contributed by atoms with van der Waals surface area (Å²) in [6.07, 6.45) is 10.6. The SMILES string of the molecule is c1ccc(-c2nc3c(c(N4CCC(n5ccnc5)C4)n2)CCNCC3)nc1. The van der Waals surface area contributed by atoms with Gasteiger partial charge in [-0.25, -0.2) is 15.0 Å². The molecule has 7 nitrogen and oxygen atoms in total. The minimum atomic E-state index is 0.445. The molecule has 1 atom stereocenters. The maximum Gasteiger partial charge on any atom is 0.180 e.